The van der Waals surface area contributed by atoms with Crippen molar-refractivity contribution in [3.8, 4) is 5.88 Å². The molecule has 5 rings (SSSR count). The molecule has 0 unspecified atom stereocenters. The molecule has 0 aliphatic heterocycles. The first-order valence-electron chi connectivity index (χ1n) is 12.7. The molecule has 2 N–H and O–H groups in total. The number of hydrogen-bond acceptors (Lipinski definition) is 4. The average molecular weight is 472 g/mol. The van der Waals surface area contributed by atoms with Crippen molar-refractivity contribution in [1.82, 2.24) is 25.3 Å². The van der Waals surface area contributed by atoms with E-state index in [1.54, 1.807) is 31.2 Å². The molecule has 8 heteroatoms. The van der Waals surface area contributed by atoms with Gasteiger partial charge in [0.25, 0.3) is 5.91 Å². The van der Waals surface area contributed by atoms with Crippen LogP contribution in [0.25, 0.3) is 6.20 Å². The van der Waals surface area contributed by atoms with E-state index in [0.717, 1.165) is 11.8 Å². The Morgan fingerprint density at radius 2 is 1.79 bits per heavy atom. The van der Waals surface area contributed by atoms with E-state index in [1.165, 1.54) is 37.0 Å². The molecule has 0 aromatic carbocycles. The van der Waals surface area contributed by atoms with Crippen molar-refractivity contribution in [2.75, 3.05) is 20.7 Å². The van der Waals surface area contributed by atoms with Crippen molar-refractivity contribution in [1.29, 1.82) is 0 Å². The highest BCUT2D eigenvalue weighted by atomic mass is 16.5. The van der Waals surface area contributed by atoms with Gasteiger partial charge >= 0.3 is 6.03 Å². The Morgan fingerprint density at radius 1 is 1.18 bits per heavy atom. The maximum absolute atomic E-state index is 13.4. The Bertz CT molecular complexity index is 905. The molecule has 3 amide bonds. The summed E-state index contributed by atoms with van der Waals surface area (Å²) in [5, 5.41) is 10.8. The second kappa shape index (κ2) is 9.62. The number of amides is 3. The van der Waals surface area contributed by atoms with E-state index >= 15 is 0 Å². The normalized spacial score (nSPS) is 27.9. The highest BCUT2D eigenvalue weighted by Crippen LogP contribution is 2.53. The largest absolute Gasteiger partial charge is 0.477 e. The van der Waals surface area contributed by atoms with Gasteiger partial charge < -0.3 is 20.3 Å². The van der Waals surface area contributed by atoms with Crippen molar-refractivity contribution in [2.24, 2.45) is 29.6 Å². The summed E-state index contributed by atoms with van der Waals surface area (Å²) in [6.45, 7) is 8.44. The predicted molar refractivity (Wildman–Crippen MR) is 132 cm³/mol. The van der Waals surface area contributed by atoms with Crippen LogP contribution in [0, 0.1) is 29.6 Å². The number of carbonyl (C=O) groups excluding carboxylic acids is 2. The number of aromatic nitrogens is 2. The third kappa shape index (κ3) is 5.41. The van der Waals surface area contributed by atoms with E-state index in [4.69, 9.17) is 4.74 Å². The van der Waals surface area contributed by atoms with Gasteiger partial charge in [0.1, 0.15) is 5.56 Å². The highest BCUT2D eigenvalue weighted by molar-refractivity contribution is 5.96. The van der Waals surface area contributed by atoms with Crippen molar-refractivity contribution < 1.29 is 14.3 Å². The number of hydrogen-bond donors (Lipinski definition) is 2. The van der Waals surface area contributed by atoms with Gasteiger partial charge in [-0.05, 0) is 81.6 Å². The fourth-order valence-corrected chi connectivity index (χ4v) is 6.08. The Morgan fingerprint density at radius 3 is 2.35 bits per heavy atom. The van der Waals surface area contributed by atoms with Crippen LogP contribution in [0.5, 0.6) is 5.88 Å². The number of ether oxygens (including phenoxy) is 1. The molecule has 4 aliphatic rings. The first-order valence-corrected chi connectivity index (χ1v) is 12.7. The molecule has 0 radical (unpaired) electrons. The summed E-state index contributed by atoms with van der Waals surface area (Å²) in [5.41, 5.74) is -0.139. The summed E-state index contributed by atoms with van der Waals surface area (Å²) < 4.78 is 7.67. The quantitative estimate of drug-likeness (QED) is 0.600. The lowest BCUT2D eigenvalue weighted by Crippen LogP contribution is -2.55. The van der Waals surface area contributed by atoms with Gasteiger partial charge in [0.05, 0.1) is 18.3 Å². The molecule has 0 spiro atoms. The van der Waals surface area contributed by atoms with E-state index in [9.17, 15) is 9.59 Å². The molecule has 4 aliphatic carbocycles. The van der Waals surface area contributed by atoms with Crippen LogP contribution >= 0.6 is 0 Å². The Labute approximate surface area is 203 Å². The Hall–Kier alpha value is -2.51. The van der Waals surface area contributed by atoms with Crippen molar-refractivity contribution in [3.63, 3.8) is 0 Å². The molecular weight excluding hydrogens is 430 g/mol. The number of rotatable bonds is 8. The lowest BCUT2D eigenvalue weighted by molar-refractivity contribution is -0.0120. The topological polar surface area (TPSA) is 88.5 Å². The lowest BCUT2D eigenvalue weighted by atomic mass is 9.54. The number of nitrogens with zero attached hydrogens (tertiary/aromatic N) is 3. The molecule has 4 fully saturated rings. The average Bonchev–Trinajstić information content (AvgIpc) is 3.15. The zero-order valence-corrected chi connectivity index (χ0v) is 21.5. The smallest absolute Gasteiger partial charge is 0.317 e. The zero-order valence-electron chi connectivity index (χ0n) is 21.5. The van der Waals surface area contributed by atoms with E-state index in [0.29, 0.717) is 35.8 Å². The van der Waals surface area contributed by atoms with E-state index < -0.39 is 5.54 Å². The summed E-state index contributed by atoms with van der Waals surface area (Å²) in [4.78, 5) is 27.0. The predicted octanol–water partition coefficient (Wildman–Crippen LogP) is 3.99. The van der Waals surface area contributed by atoms with Crippen LogP contribution in [0.3, 0.4) is 0 Å². The van der Waals surface area contributed by atoms with Gasteiger partial charge in [-0.25, -0.2) is 9.48 Å². The van der Waals surface area contributed by atoms with E-state index in [-0.39, 0.29) is 18.0 Å². The van der Waals surface area contributed by atoms with Crippen molar-refractivity contribution >= 4 is 18.1 Å². The molecule has 1 aromatic rings. The van der Waals surface area contributed by atoms with E-state index in [2.05, 4.69) is 29.6 Å². The Kier molecular flexibility index (Phi) is 6.97. The standard InChI is InChI=1S/C26H41N5O3/c1-16(2)15-34-24-21(14-27-31(24)8-7-26(3,4)29-25(33)30(5)6)23(32)28-22-19-10-17-9-18(12-19)13-20(22)11-17/h7-8,14,16-20,22H,9-13,15H2,1-6H3,(H,28,32)(H,29,33)/b8-7+. The van der Waals surface area contributed by atoms with Crippen LogP contribution in [0.1, 0.15) is 70.2 Å². The molecule has 34 heavy (non-hydrogen) atoms. The summed E-state index contributed by atoms with van der Waals surface area (Å²) in [7, 11) is 3.41. The van der Waals surface area contributed by atoms with Crippen LogP contribution in [0.2, 0.25) is 0 Å². The van der Waals surface area contributed by atoms with Gasteiger partial charge in [-0.2, -0.15) is 5.10 Å². The monoisotopic (exact) mass is 471 g/mol. The maximum Gasteiger partial charge on any atom is 0.317 e. The molecule has 1 aromatic heterocycles. The van der Waals surface area contributed by atoms with Gasteiger partial charge in [-0.3, -0.25) is 4.79 Å². The fraction of sp³-hybridized carbons (Fsp3) is 0.731. The van der Waals surface area contributed by atoms with Gasteiger partial charge in [-0.1, -0.05) is 13.8 Å². The van der Waals surface area contributed by atoms with Crippen LogP contribution in [0.4, 0.5) is 4.79 Å². The van der Waals surface area contributed by atoms with Crippen LogP contribution < -0.4 is 15.4 Å². The van der Waals surface area contributed by atoms with Gasteiger partial charge in [0.15, 0.2) is 0 Å². The number of nitrogens with one attached hydrogen (secondary N) is 2. The third-order valence-corrected chi connectivity index (χ3v) is 7.54. The Balaban J connectivity index is 1.51. The second-order valence-electron chi connectivity index (χ2n) is 11.8. The molecule has 4 bridgehead atoms. The van der Waals surface area contributed by atoms with Crippen LogP contribution in [-0.4, -0.2) is 58.9 Å². The minimum absolute atomic E-state index is 0.101. The molecule has 0 saturated heterocycles. The third-order valence-electron chi connectivity index (χ3n) is 7.54. The molecule has 0 atom stereocenters. The van der Waals surface area contributed by atoms with Crippen molar-refractivity contribution in [3.05, 3.63) is 17.8 Å². The number of urea groups is 1. The van der Waals surface area contributed by atoms with Gasteiger partial charge in [-0.15, -0.1) is 0 Å². The highest BCUT2D eigenvalue weighted by Gasteiger charge is 2.48. The molecule has 4 saturated carbocycles. The minimum Gasteiger partial charge on any atom is -0.477 e. The van der Waals surface area contributed by atoms with Gasteiger partial charge in [0, 0.05) is 26.3 Å². The van der Waals surface area contributed by atoms with Crippen molar-refractivity contribution in [2.45, 2.75) is 71.4 Å². The van der Waals surface area contributed by atoms with Crippen LogP contribution in [-0.2, 0) is 0 Å². The SMILES string of the molecule is CC(C)COc1c(C(=O)NC2C3CC4CC(C3)CC2C4)cnn1/C=C/C(C)(C)NC(=O)N(C)C. The first-order chi connectivity index (χ1) is 16.0. The molecular formula is C26H41N5O3. The summed E-state index contributed by atoms with van der Waals surface area (Å²) in [6, 6.07) is 0.0828. The summed E-state index contributed by atoms with van der Waals surface area (Å²) in [5.74, 6) is 3.60. The second-order valence-corrected chi connectivity index (χ2v) is 11.8. The van der Waals surface area contributed by atoms with Gasteiger partial charge in [0.2, 0.25) is 5.88 Å². The first kappa shape index (κ1) is 24.6. The summed E-state index contributed by atoms with van der Waals surface area (Å²) in [6.07, 6.45) is 11.6. The lowest BCUT2D eigenvalue weighted by Gasteiger charge is -2.54. The fourth-order valence-electron chi connectivity index (χ4n) is 6.08. The molecule has 188 valence electrons. The molecule has 8 nitrogen and oxygen atoms in total. The molecule has 1 heterocycles. The van der Waals surface area contributed by atoms with E-state index in [1.807, 2.05) is 19.9 Å². The minimum atomic E-state index is -0.606. The zero-order chi connectivity index (χ0) is 24.6. The maximum atomic E-state index is 13.4. The number of carbonyl (C=O) groups is 2. The summed E-state index contributed by atoms with van der Waals surface area (Å²) >= 11 is 0. The van der Waals surface area contributed by atoms with Crippen LogP contribution in [0.15, 0.2) is 12.3 Å².